The first-order valence-corrected chi connectivity index (χ1v) is 8.56. The average molecular weight is 350 g/mol. The van der Waals surface area contributed by atoms with Crippen molar-refractivity contribution in [3.63, 3.8) is 0 Å². The van der Waals surface area contributed by atoms with E-state index in [1.807, 2.05) is 50.2 Å². The maximum atomic E-state index is 7.88. The van der Waals surface area contributed by atoms with Crippen LogP contribution < -0.4 is 9.64 Å². The summed E-state index contributed by atoms with van der Waals surface area (Å²) >= 11 is 6.73. The number of aliphatic hydroxyl groups is 1. The molecule has 0 saturated heterocycles. The van der Waals surface area contributed by atoms with E-state index in [4.69, 9.17) is 21.4 Å². The fourth-order valence-electron chi connectivity index (χ4n) is 2.43. The lowest BCUT2D eigenvalue weighted by atomic mass is 9.98. The topological polar surface area (TPSA) is 32.7 Å². The summed E-state index contributed by atoms with van der Waals surface area (Å²) in [5.41, 5.74) is 4.41. The summed E-state index contributed by atoms with van der Waals surface area (Å²) in [5, 5.41) is 7.68. The van der Waals surface area contributed by atoms with Crippen molar-refractivity contribution in [2.75, 3.05) is 32.7 Å². The second-order valence-corrected chi connectivity index (χ2v) is 6.17. The van der Waals surface area contributed by atoms with E-state index in [2.05, 4.69) is 25.1 Å². The van der Waals surface area contributed by atoms with Crippen LogP contribution in [0.1, 0.15) is 35.4 Å². The van der Waals surface area contributed by atoms with Gasteiger partial charge in [-0.25, -0.2) is 0 Å². The molecule has 0 amide bonds. The summed E-state index contributed by atoms with van der Waals surface area (Å²) in [4.78, 5) is 2.04. The zero-order valence-corrected chi connectivity index (χ0v) is 16.0. The van der Waals surface area contributed by atoms with Crippen LogP contribution in [0.5, 0.6) is 5.75 Å². The Balaban J connectivity index is 0.000000648. The second kappa shape index (κ2) is 10.2. The molecule has 2 aromatic carbocycles. The van der Waals surface area contributed by atoms with Crippen LogP contribution in [0.4, 0.5) is 5.69 Å². The van der Waals surface area contributed by atoms with Gasteiger partial charge >= 0.3 is 0 Å². The summed E-state index contributed by atoms with van der Waals surface area (Å²) in [6.07, 6.45) is 0.875. The number of para-hydroxylation sites is 1. The van der Waals surface area contributed by atoms with E-state index in [1.165, 1.54) is 5.56 Å². The average Bonchev–Trinajstić information content (AvgIpc) is 2.60. The number of hydrogen-bond donors (Lipinski definition) is 1. The molecule has 3 nitrogen and oxygen atoms in total. The van der Waals surface area contributed by atoms with Crippen LogP contribution in [0.3, 0.4) is 0 Å². The molecule has 1 N–H and O–H groups in total. The van der Waals surface area contributed by atoms with Gasteiger partial charge in [0.1, 0.15) is 5.75 Å². The van der Waals surface area contributed by atoms with Crippen molar-refractivity contribution in [2.45, 2.75) is 25.6 Å². The smallest absolute Gasteiger partial charge is 0.142 e. The second-order valence-electron chi connectivity index (χ2n) is 5.74. The van der Waals surface area contributed by atoms with Crippen molar-refractivity contribution in [3.05, 3.63) is 59.2 Å². The molecule has 0 aliphatic rings. The number of methoxy groups -OCH3 is 1. The summed E-state index contributed by atoms with van der Waals surface area (Å²) in [5.74, 6) is 0.840. The van der Waals surface area contributed by atoms with Gasteiger partial charge in [-0.2, -0.15) is 0 Å². The number of nitrogens with zero attached hydrogens (tertiary/aromatic N) is 1. The Morgan fingerprint density at radius 2 is 1.67 bits per heavy atom. The molecule has 0 bridgehead atoms. The number of hydrogen-bond acceptors (Lipinski definition) is 3. The van der Waals surface area contributed by atoms with Crippen molar-refractivity contribution in [3.8, 4) is 5.75 Å². The van der Waals surface area contributed by atoms with Crippen molar-refractivity contribution in [1.29, 1.82) is 0 Å². The minimum atomic E-state index is -0.191. The van der Waals surface area contributed by atoms with E-state index in [9.17, 15) is 0 Å². The molecular weight excluding hydrogens is 322 g/mol. The van der Waals surface area contributed by atoms with Crippen molar-refractivity contribution in [1.82, 2.24) is 0 Å². The first-order chi connectivity index (χ1) is 11.5. The van der Waals surface area contributed by atoms with Crippen molar-refractivity contribution in [2.24, 2.45) is 0 Å². The van der Waals surface area contributed by atoms with Gasteiger partial charge < -0.3 is 14.7 Å². The van der Waals surface area contributed by atoms with E-state index in [0.29, 0.717) is 6.61 Å². The molecule has 0 radical (unpaired) electrons. The quantitative estimate of drug-likeness (QED) is 0.788. The lowest BCUT2D eigenvalue weighted by Gasteiger charge is -2.24. The van der Waals surface area contributed by atoms with Crippen LogP contribution in [0.15, 0.2) is 42.5 Å². The van der Waals surface area contributed by atoms with E-state index >= 15 is 0 Å². The highest BCUT2D eigenvalue weighted by atomic mass is 35.5. The van der Waals surface area contributed by atoms with E-state index < -0.39 is 0 Å². The molecule has 0 aliphatic heterocycles. The number of alkyl halides is 1. The highest BCUT2D eigenvalue weighted by Gasteiger charge is 2.20. The van der Waals surface area contributed by atoms with Crippen LogP contribution in [-0.2, 0) is 0 Å². The molecular formula is C20H28ClNO2. The van der Waals surface area contributed by atoms with E-state index in [-0.39, 0.29) is 5.38 Å². The van der Waals surface area contributed by atoms with Crippen LogP contribution in [0.2, 0.25) is 0 Å². The molecule has 2 rings (SSSR count). The standard InChI is InChI=1S/C17H20ClNO.C3H8O/c1-12-8-5-6-9-13(12)16(18)14-10-7-11-15(20-4)17(14)19(2)3;1-2-3-4/h5-11,16H,1-4H3;4H,2-3H2,1H3. The fraction of sp³-hybridized carbons (Fsp3) is 0.400. The van der Waals surface area contributed by atoms with E-state index in [0.717, 1.165) is 29.0 Å². The van der Waals surface area contributed by atoms with Gasteiger partial charge in [0.2, 0.25) is 0 Å². The normalized spacial score (nSPS) is 11.3. The summed E-state index contributed by atoms with van der Waals surface area (Å²) in [6.45, 7) is 4.33. The number of benzene rings is 2. The zero-order valence-electron chi connectivity index (χ0n) is 15.2. The van der Waals surface area contributed by atoms with Crippen LogP contribution in [0, 0.1) is 6.92 Å². The largest absolute Gasteiger partial charge is 0.495 e. The molecule has 0 fully saturated rings. The van der Waals surface area contributed by atoms with Crippen LogP contribution >= 0.6 is 11.6 Å². The lowest BCUT2D eigenvalue weighted by molar-refractivity contribution is 0.295. The Bertz CT molecular complexity index is 627. The van der Waals surface area contributed by atoms with Gasteiger partial charge in [0, 0.05) is 26.3 Å². The molecule has 4 heteroatoms. The highest BCUT2D eigenvalue weighted by Crippen LogP contribution is 2.40. The minimum Gasteiger partial charge on any atom is -0.495 e. The molecule has 1 atom stereocenters. The van der Waals surface area contributed by atoms with Gasteiger partial charge in [0.15, 0.2) is 0 Å². The molecule has 0 aromatic heterocycles. The minimum absolute atomic E-state index is 0.191. The maximum absolute atomic E-state index is 7.88. The molecule has 0 saturated carbocycles. The van der Waals surface area contributed by atoms with Crippen LogP contribution in [0.25, 0.3) is 0 Å². The van der Waals surface area contributed by atoms with Gasteiger partial charge in [0.05, 0.1) is 18.2 Å². The predicted octanol–water partition coefficient (Wildman–Crippen LogP) is 4.79. The van der Waals surface area contributed by atoms with Gasteiger partial charge in [-0.05, 0) is 30.5 Å². The Morgan fingerprint density at radius 1 is 1.08 bits per heavy atom. The monoisotopic (exact) mass is 349 g/mol. The number of aryl methyl sites for hydroxylation is 1. The fourth-order valence-corrected chi connectivity index (χ4v) is 2.85. The first kappa shape index (κ1) is 20.3. The molecule has 0 spiro atoms. The summed E-state index contributed by atoms with van der Waals surface area (Å²) in [6, 6.07) is 14.2. The molecule has 24 heavy (non-hydrogen) atoms. The maximum Gasteiger partial charge on any atom is 0.142 e. The lowest BCUT2D eigenvalue weighted by Crippen LogP contribution is -2.14. The molecule has 2 aromatic rings. The summed E-state index contributed by atoms with van der Waals surface area (Å²) in [7, 11) is 5.69. The number of ether oxygens (including phenoxy) is 1. The van der Waals surface area contributed by atoms with E-state index in [1.54, 1.807) is 7.11 Å². The third-order valence-electron chi connectivity index (χ3n) is 3.66. The zero-order chi connectivity index (χ0) is 18.1. The predicted molar refractivity (Wildman–Crippen MR) is 104 cm³/mol. The Hall–Kier alpha value is -1.71. The number of halogens is 1. The van der Waals surface area contributed by atoms with Gasteiger partial charge in [-0.1, -0.05) is 43.3 Å². The third kappa shape index (κ3) is 5.15. The molecule has 0 aliphatic carbocycles. The molecule has 132 valence electrons. The van der Waals surface area contributed by atoms with Gasteiger partial charge in [0.25, 0.3) is 0 Å². The number of anilines is 1. The van der Waals surface area contributed by atoms with Crippen molar-refractivity contribution < 1.29 is 9.84 Å². The Kier molecular flexibility index (Phi) is 8.66. The Labute approximate surface area is 150 Å². The van der Waals surface area contributed by atoms with Gasteiger partial charge in [-0.3, -0.25) is 0 Å². The SMILES string of the molecule is CCCO.COc1cccc(C(Cl)c2ccccc2C)c1N(C)C. The molecule has 0 heterocycles. The molecule has 1 unspecified atom stereocenters. The van der Waals surface area contributed by atoms with Crippen molar-refractivity contribution >= 4 is 17.3 Å². The van der Waals surface area contributed by atoms with Crippen LogP contribution in [-0.4, -0.2) is 32.9 Å². The Morgan fingerprint density at radius 3 is 2.17 bits per heavy atom. The third-order valence-corrected chi connectivity index (χ3v) is 4.13. The number of aliphatic hydroxyl groups excluding tert-OH is 1. The number of rotatable bonds is 5. The summed E-state index contributed by atoms with van der Waals surface area (Å²) < 4.78 is 5.46. The first-order valence-electron chi connectivity index (χ1n) is 8.12. The van der Waals surface area contributed by atoms with Gasteiger partial charge in [-0.15, -0.1) is 11.6 Å². The highest BCUT2D eigenvalue weighted by molar-refractivity contribution is 6.23.